The number of furan rings is 1. The maximum atomic E-state index is 13.4. The summed E-state index contributed by atoms with van der Waals surface area (Å²) in [6.07, 6.45) is -0.194. The van der Waals surface area contributed by atoms with Gasteiger partial charge in [0.2, 0.25) is 11.7 Å². The molecule has 1 amide bonds. The Kier molecular flexibility index (Phi) is 8.10. The van der Waals surface area contributed by atoms with Gasteiger partial charge >= 0.3 is 12.1 Å². The lowest BCUT2D eigenvalue weighted by atomic mass is 9.58. The highest BCUT2D eigenvalue weighted by Crippen LogP contribution is 2.52. The van der Waals surface area contributed by atoms with Crippen LogP contribution in [0.1, 0.15) is 68.6 Å². The predicted molar refractivity (Wildman–Crippen MR) is 153 cm³/mol. The average molecular weight is 580 g/mol. The van der Waals surface area contributed by atoms with Crippen LogP contribution >= 0.6 is 0 Å². The molecular formula is C34H36F3NO4. The molecule has 8 heteroatoms. The number of halogens is 3. The number of carbonyl (C=O) groups excluding carboxylic acids is 1. The molecule has 1 heterocycles. The fourth-order valence-corrected chi connectivity index (χ4v) is 6.21. The molecule has 3 fully saturated rings. The summed E-state index contributed by atoms with van der Waals surface area (Å²) in [6, 6.07) is 17.1. The van der Waals surface area contributed by atoms with Gasteiger partial charge in [-0.15, -0.1) is 0 Å². The first-order chi connectivity index (χ1) is 19.8. The van der Waals surface area contributed by atoms with Crippen LogP contribution < -0.4 is 0 Å². The molecule has 1 N–H and O–H groups in total. The van der Waals surface area contributed by atoms with E-state index in [1.165, 1.54) is 18.1 Å². The van der Waals surface area contributed by atoms with Crippen LogP contribution in [0, 0.1) is 17.8 Å². The van der Waals surface area contributed by atoms with Crippen molar-refractivity contribution in [3.05, 3.63) is 95.5 Å². The van der Waals surface area contributed by atoms with Crippen LogP contribution in [0.4, 0.5) is 13.2 Å². The van der Waals surface area contributed by atoms with Gasteiger partial charge in [-0.3, -0.25) is 9.59 Å². The third kappa shape index (κ3) is 6.32. The number of carboxylic acids is 1. The third-order valence-electron chi connectivity index (χ3n) is 9.04. The standard InChI is InChI=1S/C34H36F3NO4/c1-21-26-15-23(16-27(21)17-26)9-14-31(39)38(20-29-12-13-30(42-29)34(35,36)37)19-22-7-10-24(11-8-22)25-5-4-6-28(18-25)33(2,3)32(40)41/h4-8,10-13,18,23,26-27H,1,9,14-17,19-20H2,2-3H3,(H,40,41). The lowest BCUT2D eigenvalue weighted by Crippen LogP contribution is -2.37. The summed E-state index contributed by atoms with van der Waals surface area (Å²) in [5, 5.41) is 9.61. The topological polar surface area (TPSA) is 70.8 Å². The number of hydrogen-bond donors (Lipinski definition) is 1. The van der Waals surface area contributed by atoms with Crippen molar-refractivity contribution in [1.82, 2.24) is 4.90 Å². The van der Waals surface area contributed by atoms with Crippen molar-refractivity contribution >= 4 is 11.9 Å². The molecule has 0 aliphatic heterocycles. The van der Waals surface area contributed by atoms with Crippen LogP contribution in [0.5, 0.6) is 0 Å². The zero-order valence-electron chi connectivity index (χ0n) is 23.9. The van der Waals surface area contributed by atoms with Crippen molar-refractivity contribution in [3.63, 3.8) is 0 Å². The molecule has 3 aliphatic rings. The van der Waals surface area contributed by atoms with E-state index in [-0.39, 0.29) is 24.8 Å². The maximum Gasteiger partial charge on any atom is 0.449 e. The minimum Gasteiger partial charge on any atom is -0.481 e. The highest BCUT2D eigenvalue weighted by atomic mass is 19.4. The number of rotatable bonds is 10. The summed E-state index contributed by atoms with van der Waals surface area (Å²) in [5.74, 6) is -0.428. The molecule has 6 rings (SSSR count). The Bertz CT molecular complexity index is 1460. The molecule has 222 valence electrons. The predicted octanol–water partition coefficient (Wildman–Crippen LogP) is 8.24. The largest absolute Gasteiger partial charge is 0.481 e. The molecule has 2 bridgehead atoms. The molecular weight excluding hydrogens is 543 g/mol. The van der Waals surface area contributed by atoms with Gasteiger partial charge in [-0.05, 0) is 91.7 Å². The number of alkyl halides is 3. The number of aliphatic carboxylic acids is 1. The Morgan fingerprint density at radius 2 is 1.64 bits per heavy atom. The minimum atomic E-state index is -4.59. The third-order valence-corrected chi connectivity index (χ3v) is 9.04. The lowest BCUT2D eigenvalue weighted by Gasteiger charge is -2.47. The van der Waals surface area contributed by atoms with Gasteiger partial charge in [0.05, 0.1) is 12.0 Å². The van der Waals surface area contributed by atoms with Gasteiger partial charge in [0.25, 0.3) is 0 Å². The van der Waals surface area contributed by atoms with E-state index in [1.807, 2.05) is 42.5 Å². The van der Waals surface area contributed by atoms with Crippen LogP contribution in [0.3, 0.4) is 0 Å². The first kappa shape index (κ1) is 29.7. The van der Waals surface area contributed by atoms with Crippen LogP contribution in [0.2, 0.25) is 0 Å². The molecule has 0 saturated heterocycles. The number of allylic oxidation sites excluding steroid dienone is 1. The first-order valence-corrected chi connectivity index (χ1v) is 14.4. The summed E-state index contributed by atoms with van der Waals surface area (Å²) in [5.41, 5.74) is 3.57. The van der Waals surface area contributed by atoms with Gasteiger partial charge in [0.1, 0.15) is 5.76 Å². The molecule has 2 atom stereocenters. The summed E-state index contributed by atoms with van der Waals surface area (Å²) in [6.45, 7) is 7.66. The number of hydrogen-bond acceptors (Lipinski definition) is 3. The smallest absolute Gasteiger partial charge is 0.449 e. The van der Waals surface area contributed by atoms with Crippen LogP contribution in [-0.4, -0.2) is 21.9 Å². The Labute approximate surface area is 244 Å². The summed E-state index contributed by atoms with van der Waals surface area (Å²) < 4.78 is 44.4. The Balaban J connectivity index is 1.30. The Hall–Kier alpha value is -3.81. The zero-order chi connectivity index (χ0) is 30.2. The number of fused-ring (bicyclic) bond motifs is 2. The van der Waals surface area contributed by atoms with Gasteiger partial charge in [0.15, 0.2) is 0 Å². The zero-order valence-corrected chi connectivity index (χ0v) is 23.9. The van der Waals surface area contributed by atoms with E-state index in [0.717, 1.165) is 42.0 Å². The molecule has 0 radical (unpaired) electrons. The number of carboxylic acid groups (broad SMARTS) is 1. The normalized spacial score (nSPS) is 20.2. The summed E-state index contributed by atoms with van der Waals surface area (Å²) in [4.78, 5) is 26.7. The van der Waals surface area contributed by atoms with E-state index < -0.39 is 23.3 Å². The van der Waals surface area contributed by atoms with E-state index in [2.05, 4.69) is 6.58 Å². The average Bonchev–Trinajstić information content (AvgIpc) is 3.45. The van der Waals surface area contributed by atoms with Gasteiger partial charge in [0, 0.05) is 13.0 Å². The van der Waals surface area contributed by atoms with Crippen LogP contribution in [0.15, 0.2) is 77.2 Å². The molecule has 3 saturated carbocycles. The second kappa shape index (κ2) is 11.5. The molecule has 2 unspecified atom stereocenters. The molecule has 2 aromatic carbocycles. The van der Waals surface area contributed by atoms with E-state index in [4.69, 9.17) is 4.42 Å². The van der Waals surface area contributed by atoms with Crippen molar-refractivity contribution in [3.8, 4) is 11.1 Å². The number of carbonyl (C=O) groups is 2. The van der Waals surface area contributed by atoms with Crippen LogP contribution in [-0.2, 0) is 34.3 Å². The molecule has 0 spiro atoms. The van der Waals surface area contributed by atoms with E-state index in [9.17, 15) is 27.9 Å². The van der Waals surface area contributed by atoms with Crippen LogP contribution in [0.25, 0.3) is 11.1 Å². The van der Waals surface area contributed by atoms with Crippen molar-refractivity contribution in [2.24, 2.45) is 17.8 Å². The van der Waals surface area contributed by atoms with Gasteiger partial charge < -0.3 is 14.4 Å². The van der Waals surface area contributed by atoms with Gasteiger partial charge in [-0.25, -0.2) is 0 Å². The maximum absolute atomic E-state index is 13.4. The van der Waals surface area contributed by atoms with E-state index in [1.54, 1.807) is 24.8 Å². The van der Waals surface area contributed by atoms with Crippen molar-refractivity contribution in [1.29, 1.82) is 0 Å². The molecule has 1 aromatic heterocycles. The summed E-state index contributed by atoms with van der Waals surface area (Å²) >= 11 is 0. The number of nitrogens with zero attached hydrogens (tertiary/aromatic N) is 1. The monoisotopic (exact) mass is 579 g/mol. The van der Waals surface area contributed by atoms with Gasteiger partial charge in [-0.1, -0.05) is 60.7 Å². The minimum absolute atomic E-state index is 0.0598. The Morgan fingerprint density at radius 1 is 0.952 bits per heavy atom. The lowest BCUT2D eigenvalue weighted by molar-refractivity contribution is -0.153. The fourth-order valence-electron chi connectivity index (χ4n) is 6.21. The second-order valence-electron chi connectivity index (χ2n) is 12.3. The quantitative estimate of drug-likeness (QED) is 0.246. The highest BCUT2D eigenvalue weighted by Gasteiger charge is 2.41. The fraction of sp³-hybridized carbons (Fsp3) is 0.412. The van der Waals surface area contributed by atoms with Gasteiger partial charge in [-0.2, -0.15) is 13.2 Å². The van der Waals surface area contributed by atoms with Crippen molar-refractivity contribution in [2.75, 3.05) is 0 Å². The van der Waals surface area contributed by atoms with Crippen molar-refractivity contribution < 1.29 is 32.3 Å². The Morgan fingerprint density at radius 3 is 2.24 bits per heavy atom. The molecule has 5 nitrogen and oxygen atoms in total. The first-order valence-electron chi connectivity index (χ1n) is 14.4. The number of amides is 1. The molecule has 3 aliphatic carbocycles. The second-order valence-corrected chi connectivity index (χ2v) is 12.3. The van der Waals surface area contributed by atoms with E-state index >= 15 is 0 Å². The SMILES string of the molecule is C=C1C2CC(CCC(=O)N(Cc3ccc(-c4cccc(C(C)(C)C(=O)O)c4)cc3)Cc3ccc(C(F)(F)F)o3)CC1C2. The highest BCUT2D eigenvalue weighted by molar-refractivity contribution is 5.81. The molecule has 42 heavy (non-hydrogen) atoms. The number of benzene rings is 2. The van der Waals surface area contributed by atoms with E-state index in [0.29, 0.717) is 29.7 Å². The molecule has 3 aromatic rings. The summed E-state index contributed by atoms with van der Waals surface area (Å²) in [7, 11) is 0. The van der Waals surface area contributed by atoms with Crippen molar-refractivity contribution in [2.45, 2.75) is 70.6 Å².